The minimum absolute atomic E-state index is 0.0565. The molecule has 0 bridgehead atoms. The fourth-order valence-electron chi connectivity index (χ4n) is 9.59. The second-order valence-electron chi connectivity index (χ2n) is 20.8. The maximum Gasteiger partial charge on any atom is 0.220 e. The van der Waals surface area contributed by atoms with Crippen LogP contribution in [0, 0.1) is 0 Å². The molecule has 3 N–H and O–H groups in total. The van der Waals surface area contributed by atoms with Gasteiger partial charge < -0.3 is 15.5 Å². The highest BCUT2D eigenvalue weighted by Crippen LogP contribution is 2.18. The molecule has 0 saturated carbocycles. The smallest absolute Gasteiger partial charge is 0.220 e. The van der Waals surface area contributed by atoms with E-state index in [1.807, 2.05) is 6.08 Å². The molecule has 1 amide bonds. The van der Waals surface area contributed by atoms with Crippen LogP contribution in [0.4, 0.5) is 0 Å². The highest BCUT2D eigenvalue weighted by Gasteiger charge is 2.18. The number of aliphatic hydroxyl groups excluding tert-OH is 2. The molecule has 2 atom stereocenters. The first-order chi connectivity index (χ1) is 32.2. The van der Waals surface area contributed by atoms with Crippen molar-refractivity contribution in [1.82, 2.24) is 5.32 Å². The highest BCUT2D eigenvalue weighted by molar-refractivity contribution is 5.76. The Morgan fingerprint density at radius 2 is 0.585 bits per heavy atom. The fourth-order valence-corrected chi connectivity index (χ4v) is 9.59. The lowest BCUT2D eigenvalue weighted by Gasteiger charge is -2.20. The number of rotatable bonds is 56. The lowest BCUT2D eigenvalue weighted by atomic mass is 10.0. The maximum atomic E-state index is 12.5. The summed E-state index contributed by atoms with van der Waals surface area (Å²) in [6.45, 7) is 4.35. The van der Waals surface area contributed by atoms with Crippen LogP contribution in [-0.4, -0.2) is 34.9 Å². The molecule has 0 spiro atoms. The molecule has 65 heavy (non-hydrogen) atoms. The van der Waals surface area contributed by atoms with E-state index in [1.54, 1.807) is 6.08 Å². The summed E-state index contributed by atoms with van der Waals surface area (Å²) in [6, 6.07) is -0.620. The van der Waals surface area contributed by atoms with E-state index in [0.717, 1.165) is 25.7 Å². The number of nitrogens with one attached hydrogen (secondary N) is 1. The Morgan fingerprint density at radius 1 is 0.354 bits per heavy atom. The molecule has 4 nitrogen and oxygen atoms in total. The first-order valence-corrected chi connectivity index (χ1v) is 30.1. The molecule has 386 valence electrons. The van der Waals surface area contributed by atoms with Crippen LogP contribution < -0.4 is 5.32 Å². The van der Waals surface area contributed by atoms with Crippen LogP contribution in [0.1, 0.15) is 341 Å². The van der Waals surface area contributed by atoms with Crippen molar-refractivity contribution in [3.8, 4) is 0 Å². The monoisotopic (exact) mass is 914 g/mol. The summed E-state index contributed by atoms with van der Waals surface area (Å²) in [4.78, 5) is 12.5. The molecule has 4 heteroatoms. The minimum atomic E-state index is -0.837. The molecule has 2 unspecified atom stereocenters. The van der Waals surface area contributed by atoms with E-state index in [-0.39, 0.29) is 12.5 Å². The summed E-state index contributed by atoms with van der Waals surface area (Å²) in [6.07, 6.45) is 76.5. The Morgan fingerprint density at radius 3 is 0.846 bits per heavy atom. The van der Waals surface area contributed by atoms with E-state index in [9.17, 15) is 15.0 Å². The van der Waals surface area contributed by atoms with Gasteiger partial charge in [0, 0.05) is 6.42 Å². The number of hydrogen-bond donors (Lipinski definition) is 3. The molecular formula is C61H119NO3. The van der Waals surface area contributed by atoms with E-state index in [2.05, 4.69) is 31.3 Å². The summed E-state index contributed by atoms with van der Waals surface area (Å²) < 4.78 is 0. The molecule has 0 aromatic heterocycles. The van der Waals surface area contributed by atoms with E-state index in [4.69, 9.17) is 0 Å². The third-order valence-corrected chi connectivity index (χ3v) is 14.2. The third kappa shape index (κ3) is 53.7. The van der Waals surface area contributed by atoms with Gasteiger partial charge in [0.1, 0.15) is 0 Å². The van der Waals surface area contributed by atoms with Crippen LogP contribution in [0.15, 0.2) is 24.3 Å². The summed E-state index contributed by atoms with van der Waals surface area (Å²) in [5.74, 6) is -0.0565. The highest BCUT2D eigenvalue weighted by atomic mass is 16.3. The molecule has 0 fully saturated rings. The van der Waals surface area contributed by atoms with E-state index < -0.39 is 12.1 Å². The fraction of sp³-hybridized carbons (Fsp3) is 0.918. The summed E-state index contributed by atoms with van der Waals surface area (Å²) >= 11 is 0. The average Bonchev–Trinajstić information content (AvgIpc) is 3.31. The van der Waals surface area contributed by atoms with Crippen molar-refractivity contribution in [3.63, 3.8) is 0 Å². The molecule has 0 rings (SSSR count). The number of carbonyl (C=O) groups is 1. The van der Waals surface area contributed by atoms with Gasteiger partial charge in [-0.15, -0.1) is 0 Å². The standard InChI is InChI=1S/C61H119NO3/c1-3-5-7-9-11-13-15-17-19-21-23-25-27-28-29-30-31-32-33-34-35-37-39-41-43-45-47-49-51-53-55-57-61(65)62-59(58-63)60(64)56-54-52-50-48-46-44-42-40-38-36-26-24-22-20-18-16-14-12-10-8-6-4-2/h21,23,54,56,59-60,63-64H,3-20,22,24-53,55,57-58H2,1-2H3,(H,62,65)/b23-21-,56-54+. The SMILES string of the molecule is CCCCCCCCCC/C=C\CCCCCCCCCCCCCCCCCCCCCC(=O)NC(CO)C(O)/C=C/CCCCCCCCCCCCCCCCCCCCCC. The number of allylic oxidation sites excluding steroid dienone is 3. The summed E-state index contributed by atoms with van der Waals surface area (Å²) in [5.41, 5.74) is 0. The van der Waals surface area contributed by atoms with Crippen LogP contribution in [0.3, 0.4) is 0 Å². The van der Waals surface area contributed by atoms with Gasteiger partial charge in [-0.1, -0.05) is 314 Å². The lowest BCUT2D eigenvalue weighted by Crippen LogP contribution is -2.45. The second kappa shape index (κ2) is 57.2. The Kier molecular flexibility index (Phi) is 56.2. The first kappa shape index (κ1) is 63.9. The minimum Gasteiger partial charge on any atom is -0.394 e. The largest absolute Gasteiger partial charge is 0.394 e. The van der Waals surface area contributed by atoms with Crippen molar-refractivity contribution in [1.29, 1.82) is 0 Å². The Hall–Kier alpha value is -1.13. The van der Waals surface area contributed by atoms with Gasteiger partial charge >= 0.3 is 0 Å². The van der Waals surface area contributed by atoms with Crippen LogP contribution in [0.25, 0.3) is 0 Å². The Bertz CT molecular complexity index is 947. The van der Waals surface area contributed by atoms with Gasteiger partial charge in [0.05, 0.1) is 18.8 Å². The second-order valence-corrected chi connectivity index (χ2v) is 20.8. The number of amides is 1. The van der Waals surface area contributed by atoms with Gasteiger partial charge in [-0.05, 0) is 44.9 Å². The molecule has 0 heterocycles. The van der Waals surface area contributed by atoms with Crippen molar-refractivity contribution in [2.24, 2.45) is 0 Å². The van der Waals surface area contributed by atoms with Crippen LogP contribution in [0.5, 0.6) is 0 Å². The summed E-state index contributed by atoms with van der Waals surface area (Å²) in [5, 5.41) is 23.2. The van der Waals surface area contributed by atoms with Crippen molar-refractivity contribution >= 4 is 5.91 Å². The number of carbonyl (C=O) groups excluding carboxylic acids is 1. The van der Waals surface area contributed by atoms with E-state index in [0.29, 0.717) is 6.42 Å². The normalized spacial score (nSPS) is 12.9. The maximum absolute atomic E-state index is 12.5. The van der Waals surface area contributed by atoms with E-state index >= 15 is 0 Å². The van der Waals surface area contributed by atoms with E-state index in [1.165, 1.54) is 295 Å². The predicted molar refractivity (Wildman–Crippen MR) is 290 cm³/mol. The molecule has 0 radical (unpaired) electrons. The number of hydrogen-bond acceptors (Lipinski definition) is 3. The Balaban J connectivity index is 3.43. The van der Waals surface area contributed by atoms with Crippen LogP contribution >= 0.6 is 0 Å². The van der Waals surface area contributed by atoms with Gasteiger partial charge in [0.2, 0.25) is 5.91 Å². The van der Waals surface area contributed by atoms with Crippen molar-refractivity contribution in [2.75, 3.05) is 6.61 Å². The molecule has 0 aliphatic rings. The quantitative estimate of drug-likeness (QED) is 0.0421. The topological polar surface area (TPSA) is 69.6 Å². The van der Waals surface area contributed by atoms with Gasteiger partial charge in [-0.25, -0.2) is 0 Å². The molecular weight excluding hydrogens is 795 g/mol. The molecule has 0 aromatic rings. The van der Waals surface area contributed by atoms with Crippen molar-refractivity contribution in [2.45, 2.75) is 353 Å². The predicted octanol–water partition coefficient (Wildman–Crippen LogP) is 19.9. The zero-order valence-electron chi connectivity index (χ0n) is 44.5. The Labute approximate surface area is 409 Å². The van der Waals surface area contributed by atoms with Crippen LogP contribution in [-0.2, 0) is 4.79 Å². The molecule has 0 aliphatic heterocycles. The van der Waals surface area contributed by atoms with Gasteiger partial charge in [0.25, 0.3) is 0 Å². The van der Waals surface area contributed by atoms with Gasteiger partial charge in [0.15, 0.2) is 0 Å². The first-order valence-electron chi connectivity index (χ1n) is 30.1. The lowest BCUT2D eigenvalue weighted by molar-refractivity contribution is -0.123. The van der Waals surface area contributed by atoms with Crippen molar-refractivity contribution in [3.05, 3.63) is 24.3 Å². The van der Waals surface area contributed by atoms with Crippen LogP contribution in [0.2, 0.25) is 0 Å². The van der Waals surface area contributed by atoms with Crippen molar-refractivity contribution < 1.29 is 15.0 Å². The molecule has 0 aliphatic carbocycles. The van der Waals surface area contributed by atoms with Gasteiger partial charge in [-0.2, -0.15) is 0 Å². The van der Waals surface area contributed by atoms with Gasteiger partial charge in [-0.3, -0.25) is 4.79 Å². The molecule has 0 aromatic carbocycles. The zero-order valence-corrected chi connectivity index (χ0v) is 44.5. The average molecular weight is 915 g/mol. The third-order valence-electron chi connectivity index (χ3n) is 14.2. The summed E-state index contributed by atoms with van der Waals surface area (Å²) in [7, 11) is 0. The number of unbranched alkanes of at least 4 members (excludes halogenated alkanes) is 47. The zero-order chi connectivity index (χ0) is 47.0. The molecule has 0 saturated heterocycles. The number of aliphatic hydroxyl groups is 2.